The molecule has 0 aromatic heterocycles. The summed E-state index contributed by atoms with van der Waals surface area (Å²) in [6, 6.07) is 0. The third kappa shape index (κ3) is 2.99. The van der Waals surface area contributed by atoms with Crippen LogP contribution in [0.15, 0.2) is 0 Å². The highest BCUT2D eigenvalue weighted by molar-refractivity contribution is 5.80. The number of carboxylic acids is 1. The SMILES string of the molecule is C#CCC(=O)NCC1(C(=O)O)CCCCC1. The Morgan fingerprint density at radius 3 is 2.44 bits per heavy atom. The first-order valence-electron chi connectivity index (χ1n) is 5.54. The van der Waals surface area contributed by atoms with Crippen molar-refractivity contribution in [1.29, 1.82) is 0 Å². The molecule has 0 radical (unpaired) electrons. The average molecular weight is 223 g/mol. The van der Waals surface area contributed by atoms with E-state index in [1.807, 2.05) is 0 Å². The summed E-state index contributed by atoms with van der Waals surface area (Å²) in [4.78, 5) is 22.5. The first-order valence-corrected chi connectivity index (χ1v) is 5.54. The number of hydrogen-bond donors (Lipinski definition) is 2. The summed E-state index contributed by atoms with van der Waals surface area (Å²) in [6.07, 6.45) is 9.19. The second kappa shape index (κ2) is 5.55. The van der Waals surface area contributed by atoms with Crippen LogP contribution in [-0.2, 0) is 9.59 Å². The van der Waals surface area contributed by atoms with Gasteiger partial charge in [-0.25, -0.2) is 0 Å². The predicted molar refractivity (Wildman–Crippen MR) is 59.6 cm³/mol. The Labute approximate surface area is 95.4 Å². The van der Waals surface area contributed by atoms with Crippen molar-refractivity contribution < 1.29 is 14.7 Å². The number of carbonyl (C=O) groups is 2. The highest BCUT2D eigenvalue weighted by atomic mass is 16.4. The second-order valence-electron chi connectivity index (χ2n) is 4.30. The summed E-state index contributed by atoms with van der Waals surface area (Å²) in [5.74, 6) is 1.16. The van der Waals surface area contributed by atoms with E-state index in [1.54, 1.807) is 0 Å². The maximum Gasteiger partial charge on any atom is 0.311 e. The van der Waals surface area contributed by atoms with Gasteiger partial charge in [0, 0.05) is 6.54 Å². The van der Waals surface area contributed by atoms with Crippen molar-refractivity contribution in [3.8, 4) is 12.3 Å². The molecule has 16 heavy (non-hydrogen) atoms. The molecule has 0 heterocycles. The van der Waals surface area contributed by atoms with E-state index >= 15 is 0 Å². The molecule has 4 nitrogen and oxygen atoms in total. The Morgan fingerprint density at radius 2 is 1.94 bits per heavy atom. The lowest BCUT2D eigenvalue weighted by molar-refractivity contribution is -0.151. The topological polar surface area (TPSA) is 66.4 Å². The first kappa shape index (κ1) is 12.6. The maximum atomic E-state index is 11.3. The summed E-state index contributed by atoms with van der Waals surface area (Å²) >= 11 is 0. The normalized spacial score (nSPS) is 18.4. The van der Waals surface area contributed by atoms with Gasteiger partial charge in [0.05, 0.1) is 11.8 Å². The van der Waals surface area contributed by atoms with Crippen LogP contribution in [0.25, 0.3) is 0 Å². The molecule has 1 aliphatic carbocycles. The molecule has 0 aromatic carbocycles. The second-order valence-corrected chi connectivity index (χ2v) is 4.30. The fourth-order valence-corrected chi connectivity index (χ4v) is 2.12. The zero-order valence-corrected chi connectivity index (χ0v) is 9.29. The summed E-state index contributed by atoms with van der Waals surface area (Å²) < 4.78 is 0. The summed E-state index contributed by atoms with van der Waals surface area (Å²) in [7, 11) is 0. The molecule has 1 fully saturated rings. The van der Waals surface area contributed by atoms with E-state index < -0.39 is 11.4 Å². The molecule has 0 bridgehead atoms. The van der Waals surface area contributed by atoms with Gasteiger partial charge >= 0.3 is 5.97 Å². The third-order valence-corrected chi connectivity index (χ3v) is 3.15. The average Bonchev–Trinajstić information content (AvgIpc) is 2.28. The monoisotopic (exact) mass is 223 g/mol. The number of carboxylic acid groups (broad SMARTS) is 1. The number of hydrogen-bond acceptors (Lipinski definition) is 2. The van der Waals surface area contributed by atoms with E-state index in [9.17, 15) is 14.7 Å². The third-order valence-electron chi connectivity index (χ3n) is 3.15. The molecular formula is C12H17NO3. The van der Waals surface area contributed by atoms with Crippen LogP contribution in [0.2, 0.25) is 0 Å². The molecule has 0 atom stereocenters. The van der Waals surface area contributed by atoms with Crippen LogP contribution in [0, 0.1) is 17.8 Å². The molecule has 4 heteroatoms. The van der Waals surface area contributed by atoms with Gasteiger partial charge in [-0.1, -0.05) is 25.2 Å². The van der Waals surface area contributed by atoms with Gasteiger partial charge in [0.2, 0.25) is 5.91 Å². The van der Waals surface area contributed by atoms with Gasteiger partial charge in [-0.05, 0) is 12.8 Å². The Balaban J connectivity index is 2.55. The van der Waals surface area contributed by atoms with E-state index in [-0.39, 0.29) is 18.9 Å². The predicted octanol–water partition coefficient (Wildman–Crippen LogP) is 1.16. The molecule has 0 unspecified atom stereocenters. The number of terminal acetylenes is 1. The summed E-state index contributed by atoms with van der Waals surface area (Å²) in [5, 5.41) is 11.9. The van der Waals surface area contributed by atoms with Crippen molar-refractivity contribution in [1.82, 2.24) is 5.32 Å². The van der Waals surface area contributed by atoms with E-state index in [0.29, 0.717) is 12.8 Å². The number of rotatable bonds is 4. The first-order chi connectivity index (χ1) is 7.60. The van der Waals surface area contributed by atoms with Crippen LogP contribution >= 0.6 is 0 Å². The Kier molecular flexibility index (Phi) is 4.36. The molecule has 1 rings (SSSR count). The van der Waals surface area contributed by atoms with Gasteiger partial charge in [0.1, 0.15) is 0 Å². The van der Waals surface area contributed by atoms with Crippen LogP contribution in [0.4, 0.5) is 0 Å². The smallest absolute Gasteiger partial charge is 0.311 e. The zero-order valence-electron chi connectivity index (χ0n) is 9.29. The lowest BCUT2D eigenvalue weighted by atomic mass is 9.74. The van der Waals surface area contributed by atoms with Crippen molar-refractivity contribution in [2.45, 2.75) is 38.5 Å². The van der Waals surface area contributed by atoms with Crippen LogP contribution in [0.5, 0.6) is 0 Å². The number of nitrogens with one attached hydrogen (secondary N) is 1. The van der Waals surface area contributed by atoms with Gasteiger partial charge in [0.25, 0.3) is 0 Å². The number of aliphatic carboxylic acids is 1. The summed E-state index contributed by atoms with van der Waals surface area (Å²) in [6.45, 7) is 0.197. The van der Waals surface area contributed by atoms with Crippen molar-refractivity contribution in [2.24, 2.45) is 5.41 Å². The molecule has 0 spiro atoms. The molecule has 1 amide bonds. The van der Waals surface area contributed by atoms with Gasteiger partial charge in [-0.15, -0.1) is 6.42 Å². The molecule has 88 valence electrons. The quantitative estimate of drug-likeness (QED) is 0.703. The zero-order chi connectivity index (χ0) is 12.0. The van der Waals surface area contributed by atoms with E-state index in [0.717, 1.165) is 19.3 Å². The minimum Gasteiger partial charge on any atom is -0.481 e. The number of amides is 1. The fraction of sp³-hybridized carbons (Fsp3) is 0.667. The molecule has 1 saturated carbocycles. The Morgan fingerprint density at radius 1 is 1.31 bits per heavy atom. The van der Waals surface area contributed by atoms with Crippen molar-refractivity contribution in [2.75, 3.05) is 6.54 Å². The highest BCUT2D eigenvalue weighted by Crippen LogP contribution is 2.35. The van der Waals surface area contributed by atoms with Crippen LogP contribution < -0.4 is 5.32 Å². The Bertz CT molecular complexity index is 311. The fourth-order valence-electron chi connectivity index (χ4n) is 2.12. The van der Waals surface area contributed by atoms with E-state index in [4.69, 9.17) is 6.42 Å². The molecule has 0 saturated heterocycles. The standard InChI is InChI=1S/C12H17NO3/c1-2-6-10(14)13-9-12(11(15)16)7-4-3-5-8-12/h1H,3-9H2,(H,13,14)(H,15,16). The van der Waals surface area contributed by atoms with Crippen molar-refractivity contribution in [3.05, 3.63) is 0 Å². The Hall–Kier alpha value is -1.50. The van der Waals surface area contributed by atoms with Gasteiger partial charge in [-0.2, -0.15) is 0 Å². The lowest BCUT2D eigenvalue weighted by Gasteiger charge is -2.33. The van der Waals surface area contributed by atoms with Crippen molar-refractivity contribution >= 4 is 11.9 Å². The molecule has 0 aromatic rings. The van der Waals surface area contributed by atoms with Crippen LogP contribution in [0.3, 0.4) is 0 Å². The molecule has 1 aliphatic rings. The van der Waals surface area contributed by atoms with Crippen LogP contribution in [-0.4, -0.2) is 23.5 Å². The summed E-state index contributed by atoms with van der Waals surface area (Å²) in [5.41, 5.74) is -0.775. The maximum absolute atomic E-state index is 11.3. The van der Waals surface area contributed by atoms with Crippen LogP contribution in [0.1, 0.15) is 38.5 Å². The van der Waals surface area contributed by atoms with Crippen molar-refractivity contribution in [3.63, 3.8) is 0 Å². The minimum absolute atomic E-state index is 0.00962. The highest BCUT2D eigenvalue weighted by Gasteiger charge is 2.39. The van der Waals surface area contributed by atoms with Gasteiger partial charge in [0.15, 0.2) is 0 Å². The van der Waals surface area contributed by atoms with Gasteiger partial charge < -0.3 is 10.4 Å². The van der Waals surface area contributed by atoms with Gasteiger partial charge in [-0.3, -0.25) is 9.59 Å². The van der Waals surface area contributed by atoms with E-state index in [1.165, 1.54) is 0 Å². The van der Waals surface area contributed by atoms with E-state index in [2.05, 4.69) is 11.2 Å². The molecular weight excluding hydrogens is 206 g/mol. The largest absolute Gasteiger partial charge is 0.481 e. The lowest BCUT2D eigenvalue weighted by Crippen LogP contribution is -2.44. The minimum atomic E-state index is -0.812. The molecule has 2 N–H and O–H groups in total. The number of carbonyl (C=O) groups excluding carboxylic acids is 1. The molecule has 0 aliphatic heterocycles.